The molecule has 2 aromatic rings. The van der Waals surface area contributed by atoms with Crippen LogP contribution in [-0.2, 0) is 0 Å². The third-order valence-corrected chi connectivity index (χ3v) is 3.87. The lowest BCUT2D eigenvalue weighted by Gasteiger charge is -2.13. The number of methoxy groups -OCH3 is 1. The first-order valence-electron chi connectivity index (χ1n) is 7.28. The zero-order valence-electron chi connectivity index (χ0n) is 13.6. The number of primary amides is 1. The molecule has 2 rings (SSSR count). The van der Waals surface area contributed by atoms with Crippen LogP contribution in [0.3, 0.4) is 0 Å². The average Bonchev–Trinajstić information content (AvgIpc) is 2.56. The molecule has 8 heteroatoms. The summed E-state index contributed by atoms with van der Waals surface area (Å²) in [6.45, 7) is 2.22. The Labute approximate surface area is 154 Å². The molecule has 2 aromatic carbocycles. The number of amides is 2. The molecule has 0 bridgehead atoms. The Kier molecular flexibility index (Phi) is 6.12. The van der Waals surface area contributed by atoms with Crippen LogP contribution in [0.1, 0.15) is 27.6 Å². The molecule has 0 radical (unpaired) electrons. The molecule has 0 aliphatic rings. The normalized spacial score (nSPS) is 10.2. The molecule has 2 amide bonds. The number of benzene rings is 2. The van der Waals surface area contributed by atoms with Gasteiger partial charge in [0.1, 0.15) is 0 Å². The predicted octanol–water partition coefficient (Wildman–Crippen LogP) is 3.75. The van der Waals surface area contributed by atoms with Crippen LogP contribution in [0.25, 0.3) is 0 Å². The van der Waals surface area contributed by atoms with Crippen LogP contribution < -0.4 is 20.5 Å². The molecule has 0 aliphatic carbocycles. The van der Waals surface area contributed by atoms with E-state index in [1.807, 2.05) is 6.92 Å². The number of carbonyl (C=O) groups excluding carboxylic acids is 2. The van der Waals surface area contributed by atoms with E-state index >= 15 is 0 Å². The van der Waals surface area contributed by atoms with E-state index in [9.17, 15) is 9.59 Å². The topological polar surface area (TPSA) is 90.6 Å². The maximum atomic E-state index is 12.4. The molecule has 0 saturated carbocycles. The van der Waals surface area contributed by atoms with Gasteiger partial charge < -0.3 is 20.5 Å². The summed E-state index contributed by atoms with van der Waals surface area (Å²) in [6.07, 6.45) is 0. The second kappa shape index (κ2) is 8.09. The van der Waals surface area contributed by atoms with E-state index in [0.717, 1.165) is 0 Å². The van der Waals surface area contributed by atoms with Gasteiger partial charge in [0.15, 0.2) is 11.5 Å². The molecule has 0 aromatic heterocycles. The Morgan fingerprint density at radius 3 is 2.44 bits per heavy atom. The van der Waals surface area contributed by atoms with Crippen molar-refractivity contribution in [1.82, 2.24) is 0 Å². The number of halogens is 2. The lowest BCUT2D eigenvalue weighted by atomic mass is 10.1. The fourth-order valence-corrected chi connectivity index (χ4v) is 2.67. The molecule has 0 atom stereocenters. The zero-order chi connectivity index (χ0) is 18.6. The number of ether oxygens (including phenoxy) is 2. The van der Waals surface area contributed by atoms with E-state index in [2.05, 4.69) is 5.32 Å². The summed E-state index contributed by atoms with van der Waals surface area (Å²) in [5, 5.41) is 3.07. The van der Waals surface area contributed by atoms with Crippen LogP contribution in [0, 0.1) is 0 Å². The van der Waals surface area contributed by atoms with E-state index in [1.54, 1.807) is 0 Å². The molecule has 0 aliphatic heterocycles. The van der Waals surface area contributed by atoms with Crippen LogP contribution in [0.5, 0.6) is 11.5 Å². The molecule has 0 saturated heterocycles. The summed E-state index contributed by atoms with van der Waals surface area (Å²) in [7, 11) is 1.46. The summed E-state index contributed by atoms with van der Waals surface area (Å²) < 4.78 is 10.6. The van der Waals surface area contributed by atoms with Crippen molar-refractivity contribution in [3.8, 4) is 11.5 Å². The van der Waals surface area contributed by atoms with E-state index in [-0.39, 0.29) is 21.2 Å². The minimum atomic E-state index is -0.647. The van der Waals surface area contributed by atoms with Crippen molar-refractivity contribution in [3.05, 3.63) is 51.5 Å². The van der Waals surface area contributed by atoms with Crippen LogP contribution in [0.4, 0.5) is 5.69 Å². The van der Waals surface area contributed by atoms with Crippen LogP contribution >= 0.6 is 23.2 Å². The lowest BCUT2D eigenvalue weighted by Crippen LogP contribution is -2.14. The van der Waals surface area contributed by atoms with Gasteiger partial charge in [0.2, 0.25) is 5.91 Å². The number of nitrogens with two attached hydrogens (primary N) is 1. The summed E-state index contributed by atoms with van der Waals surface area (Å²) in [5.74, 6) is -0.351. The third-order valence-electron chi connectivity index (χ3n) is 3.27. The molecule has 3 N–H and O–H groups in total. The van der Waals surface area contributed by atoms with Crippen molar-refractivity contribution < 1.29 is 19.1 Å². The monoisotopic (exact) mass is 382 g/mol. The van der Waals surface area contributed by atoms with Crippen molar-refractivity contribution >= 4 is 40.7 Å². The maximum absolute atomic E-state index is 12.4. The van der Waals surface area contributed by atoms with Crippen molar-refractivity contribution in [3.63, 3.8) is 0 Å². The standard InChI is InChI=1S/C17H16Cl2N2O4/c1-3-25-15-13(19)6-9(7-14(15)24-2)17(23)21-10-4-5-11(16(20)22)12(18)8-10/h4-8H,3H2,1-2H3,(H2,20,22)(H,21,23). The predicted molar refractivity (Wildman–Crippen MR) is 97.1 cm³/mol. The second-order valence-corrected chi connectivity index (χ2v) is 5.75. The molecule has 25 heavy (non-hydrogen) atoms. The largest absolute Gasteiger partial charge is 0.493 e. The summed E-state index contributed by atoms with van der Waals surface area (Å²) in [6, 6.07) is 7.39. The molecular weight excluding hydrogens is 367 g/mol. The molecule has 0 heterocycles. The van der Waals surface area contributed by atoms with Gasteiger partial charge >= 0.3 is 0 Å². The van der Waals surface area contributed by atoms with E-state index in [4.69, 9.17) is 38.4 Å². The minimum Gasteiger partial charge on any atom is -0.493 e. The fourth-order valence-electron chi connectivity index (χ4n) is 2.13. The number of nitrogens with one attached hydrogen (secondary N) is 1. The van der Waals surface area contributed by atoms with E-state index in [1.165, 1.54) is 37.4 Å². The Morgan fingerprint density at radius 2 is 1.88 bits per heavy atom. The molecular formula is C17H16Cl2N2O4. The number of hydrogen-bond donors (Lipinski definition) is 2. The maximum Gasteiger partial charge on any atom is 0.255 e. The van der Waals surface area contributed by atoms with Crippen molar-refractivity contribution in [2.24, 2.45) is 5.73 Å². The Morgan fingerprint density at radius 1 is 1.16 bits per heavy atom. The van der Waals surface area contributed by atoms with Crippen molar-refractivity contribution in [1.29, 1.82) is 0 Å². The van der Waals surface area contributed by atoms with Gasteiger partial charge in [-0.3, -0.25) is 9.59 Å². The first-order valence-corrected chi connectivity index (χ1v) is 8.04. The van der Waals surface area contributed by atoms with Crippen molar-refractivity contribution in [2.75, 3.05) is 19.0 Å². The molecule has 0 spiro atoms. The van der Waals surface area contributed by atoms with E-state index in [0.29, 0.717) is 23.8 Å². The Bertz CT molecular complexity index is 825. The number of hydrogen-bond acceptors (Lipinski definition) is 4. The van der Waals surface area contributed by atoms with Gasteiger partial charge in [0, 0.05) is 11.3 Å². The van der Waals surface area contributed by atoms with Crippen LogP contribution in [-0.4, -0.2) is 25.5 Å². The van der Waals surface area contributed by atoms with Crippen LogP contribution in [0.2, 0.25) is 10.0 Å². The average molecular weight is 383 g/mol. The molecule has 0 unspecified atom stereocenters. The second-order valence-electron chi connectivity index (χ2n) is 4.94. The highest BCUT2D eigenvalue weighted by Crippen LogP contribution is 2.36. The molecule has 0 fully saturated rings. The van der Waals surface area contributed by atoms with Gasteiger partial charge in [-0.15, -0.1) is 0 Å². The number of anilines is 1. The minimum absolute atomic E-state index is 0.146. The Hall–Kier alpha value is -2.44. The van der Waals surface area contributed by atoms with Gasteiger partial charge in [0.05, 0.1) is 29.3 Å². The first kappa shape index (κ1) is 18.9. The first-order chi connectivity index (χ1) is 11.9. The van der Waals surface area contributed by atoms with Gasteiger partial charge in [-0.05, 0) is 37.3 Å². The fraction of sp³-hybridized carbons (Fsp3) is 0.176. The smallest absolute Gasteiger partial charge is 0.255 e. The van der Waals surface area contributed by atoms with Crippen molar-refractivity contribution in [2.45, 2.75) is 6.92 Å². The van der Waals surface area contributed by atoms with E-state index < -0.39 is 11.8 Å². The Balaban J connectivity index is 2.28. The zero-order valence-corrected chi connectivity index (χ0v) is 15.1. The van der Waals surface area contributed by atoms with Gasteiger partial charge in [-0.2, -0.15) is 0 Å². The highest BCUT2D eigenvalue weighted by Gasteiger charge is 2.16. The SMILES string of the molecule is CCOc1c(Cl)cc(C(=O)Nc2ccc(C(N)=O)c(Cl)c2)cc1OC. The third kappa shape index (κ3) is 4.35. The van der Waals surface area contributed by atoms with Gasteiger partial charge in [0.25, 0.3) is 5.91 Å². The summed E-state index contributed by atoms with van der Waals surface area (Å²) in [4.78, 5) is 23.6. The number of rotatable bonds is 6. The quantitative estimate of drug-likeness (QED) is 0.795. The molecule has 132 valence electrons. The van der Waals surface area contributed by atoms with Crippen LogP contribution in [0.15, 0.2) is 30.3 Å². The summed E-state index contributed by atoms with van der Waals surface area (Å²) in [5.41, 5.74) is 6.05. The number of carbonyl (C=O) groups is 2. The van der Waals surface area contributed by atoms with Gasteiger partial charge in [-0.25, -0.2) is 0 Å². The van der Waals surface area contributed by atoms with Gasteiger partial charge in [-0.1, -0.05) is 23.2 Å². The lowest BCUT2D eigenvalue weighted by molar-refractivity contribution is 0.0998. The summed E-state index contributed by atoms with van der Waals surface area (Å²) >= 11 is 12.1. The highest BCUT2D eigenvalue weighted by atomic mass is 35.5. The molecule has 6 nitrogen and oxygen atoms in total. The highest BCUT2D eigenvalue weighted by molar-refractivity contribution is 6.34.